The summed E-state index contributed by atoms with van der Waals surface area (Å²) >= 11 is 0. The largest absolute Gasteiger partial charge is 0.373 e. The minimum absolute atomic E-state index is 0.129. The molecule has 5 heteroatoms. The van der Waals surface area contributed by atoms with E-state index in [1.54, 1.807) is 0 Å². The van der Waals surface area contributed by atoms with Crippen molar-refractivity contribution in [3.8, 4) is 0 Å². The first-order chi connectivity index (χ1) is 9.99. The summed E-state index contributed by atoms with van der Waals surface area (Å²) in [4.78, 5) is 4.80. The molecule has 2 fully saturated rings. The fraction of sp³-hybridized carbons (Fsp3) is 0.812. The molecule has 3 rings (SSSR count). The summed E-state index contributed by atoms with van der Waals surface area (Å²) in [6.45, 7) is 8.07. The molecule has 0 N–H and O–H groups in total. The normalized spacial score (nSPS) is 26.0. The zero-order valence-electron chi connectivity index (χ0n) is 13.7. The summed E-state index contributed by atoms with van der Waals surface area (Å²) in [7, 11) is 4.30. The number of hydrogen-bond donors (Lipinski definition) is 0. The van der Waals surface area contributed by atoms with E-state index in [9.17, 15) is 0 Å². The van der Waals surface area contributed by atoms with Crippen molar-refractivity contribution in [2.45, 2.75) is 51.3 Å². The topological polar surface area (TPSA) is 41.7 Å². The van der Waals surface area contributed by atoms with E-state index in [0.29, 0.717) is 6.04 Å². The first-order valence-corrected chi connectivity index (χ1v) is 7.94. The third-order valence-corrected chi connectivity index (χ3v) is 5.25. The molecule has 0 radical (unpaired) electrons. The number of aromatic nitrogens is 1. The molecule has 21 heavy (non-hydrogen) atoms. The van der Waals surface area contributed by atoms with Crippen LogP contribution in [0, 0.1) is 13.8 Å². The van der Waals surface area contributed by atoms with Gasteiger partial charge in [-0.05, 0) is 47.2 Å². The molecule has 1 atom stereocenters. The number of aryl methyl sites for hydroxylation is 2. The highest BCUT2D eigenvalue weighted by Gasteiger charge is 2.43. The van der Waals surface area contributed by atoms with Gasteiger partial charge in [0.05, 0.1) is 17.9 Å². The maximum atomic E-state index is 6.19. The lowest BCUT2D eigenvalue weighted by Gasteiger charge is -2.38. The van der Waals surface area contributed by atoms with Crippen molar-refractivity contribution in [2.24, 2.45) is 0 Å². The number of piperidine rings is 1. The molecule has 3 heterocycles. The summed E-state index contributed by atoms with van der Waals surface area (Å²) < 4.78 is 11.5. The van der Waals surface area contributed by atoms with Crippen molar-refractivity contribution in [3.05, 3.63) is 17.0 Å². The smallest absolute Gasteiger partial charge is 0.138 e. The van der Waals surface area contributed by atoms with Crippen molar-refractivity contribution in [3.63, 3.8) is 0 Å². The predicted molar refractivity (Wildman–Crippen MR) is 81.3 cm³/mol. The first kappa shape index (κ1) is 15.0. The first-order valence-electron chi connectivity index (χ1n) is 7.94. The van der Waals surface area contributed by atoms with Crippen molar-refractivity contribution >= 4 is 0 Å². The fourth-order valence-electron chi connectivity index (χ4n) is 3.57. The minimum Gasteiger partial charge on any atom is -0.373 e. The number of likely N-dealkylation sites (tertiary alicyclic amines) is 1. The van der Waals surface area contributed by atoms with E-state index in [0.717, 1.165) is 50.5 Å². The van der Waals surface area contributed by atoms with Crippen LogP contribution in [-0.2, 0) is 11.3 Å². The molecule has 1 aromatic rings. The second kappa shape index (κ2) is 5.71. The van der Waals surface area contributed by atoms with E-state index in [1.807, 2.05) is 13.8 Å². The highest BCUT2D eigenvalue weighted by molar-refractivity contribution is 5.20. The van der Waals surface area contributed by atoms with Crippen molar-refractivity contribution < 1.29 is 9.26 Å². The lowest BCUT2D eigenvalue weighted by molar-refractivity contribution is -0.0452. The maximum absolute atomic E-state index is 6.19. The van der Waals surface area contributed by atoms with E-state index in [-0.39, 0.29) is 5.60 Å². The summed E-state index contributed by atoms with van der Waals surface area (Å²) in [5.74, 6) is 0.956. The molecule has 2 aliphatic heterocycles. The molecule has 0 saturated carbocycles. The number of rotatable bonds is 3. The fourth-order valence-corrected chi connectivity index (χ4v) is 3.57. The van der Waals surface area contributed by atoms with Crippen LogP contribution in [0.3, 0.4) is 0 Å². The van der Waals surface area contributed by atoms with Crippen LogP contribution in [0.15, 0.2) is 4.52 Å². The summed E-state index contributed by atoms with van der Waals surface area (Å²) in [6, 6.07) is 0.583. The Morgan fingerprint density at radius 3 is 2.52 bits per heavy atom. The monoisotopic (exact) mass is 293 g/mol. The van der Waals surface area contributed by atoms with E-state index < -0.39 is 0 Å². The quantitative estimate of drug-likeness (QED) is 0.852. The van der Waals surface area contributed by atoms with Gasteiger partial charge in [0.2, 0.25) is 0 Å². The summed E-state index contributed by atoms with van der Waals surface area (Å²) in [6.07, 6.45) is 3.46. The van der Waals surface area contributed by atoms with Gasteiger partial charge in [0.25, 0.3) is 0 Å². The molecule has 2 aliphatic rings. The molecule has 118 valence electrons. The van der Waals surface area contributed by atoms with Crippen LogP contribution in [0.25, 0.3) is 0 Å². The van der Waals surface area contributed by atoms with Gasteiger partial charge >= 0.3 is 0 Å². The van der Waals surface area contributed by atoms with Crippen LogP contribution in [0.5, 0.6) is 0 Å². The van der Waals surface area contributed by atoms with Crippen LogP contribution in [0.2, 0.25) is 0 Å². The van der Waals surface area contributed by atoms with Gasteiger partial charge in [-0.3, -0.25) is 4.90 Å². The number of hydrogen-bond acceptors (Lipinski definition) is 5. The second-order valence-electron chi connectivity index (χ2n) is 6.89. The maximum Gasteiger partial charge on any atom is 0.138 e. The van der Waals surface area contributed by atoms with Crippen LogP contribution >= 0.6 is 0 Å². The van der Waals surface area contributed by atoms with Crippen molar-refractivity contribution in [1.29, 1.82) is 0 Å². The van der Waals surface area contributed by atoms with Crippen LogP contribution < -0.4 is 0 Å². The van der Waals surface area contributed by atoms with Gasteiger partial charge in [-0.25, -0.2) is 0 Å². The van der Waals surface area contributed by atoms with E-state index in [1.165, 1.54) is 12.0 Å². The van der Waals surface area contributed by atoms with E-state index in [2.05, 4.69) is 29.1 Å². The number of ether oxygens (including phenoxy) is 1. The summed E-state index contributed by atoms with van der Waals surface area (Å²) in [5, 5.41) is 4.05. The second-order valence-corrected chi connectivity index (χ2v) is 6.89. The molecule has 2 saturated heterocycles. The number of nitrogens with zero attached hydrogens (tertiary/aromatic N) is 3. The van der Waals surface area contributed by atoms with Gasteiger partial charge in [-0.2, -0.15) is 0 Å². The SMILES string of the molecule is Cc1noc(C)c1CN1CCC2(CC1)C[C@H](N(C)C)CO2. The highest BCUT2D eigenvalue weighted by atomic mass is 16.5. The van der Waals surface area contributed by atoms with Crippen molar-refractivity contribution in [2.75, 3.05) is 33.8 Å². The van der Waals surface area contributed by atoms with Gasteiger partial charge in [-0.15, -0.1) is 0 Å². The average molecular weight is 293 g/mol. The third kappa shape index (κ3) is 3.00. The Bertz CT molecular complexity index is 470. The van der Waals surface area contributed by atoms with Gasteiger partial charge in [0.1, 0.15) is 5.76 Å². The van der Waals surface area contributed by atoms with Crippen LogP contribution in [0.1, 0.15) is 36.3 Å². The van der Waals surface area contributed by atoms with Gasteiger partial charge in [-0.1, -0.05) is 5.16 Å². The molecule has 1 aromatic heterocycles. The Hall–Kier alpha value is -0.910. The molecule has 5 nitrogen and oxygen atoms in total. The Morgan fingerprint density at radius 1 is 1.29 bits per heavy atom. The van der Waals surface area contributed by atoms with Gasteiger partial charge < -0.3 is 14.2 Å². The molecular weight excluding hydrogens is 266 g/mol. The van der Waals surface area contributed by atoms with Crippen LogP contribution in [0.4, 0.5) is 0 Å². The predicted octanol–water partition coefficient (Wildman–Crippen LogP) is 1.98. The highest BCUT2D eigenvalue weighted by Crippen LogP contribution is 2.37. The standard InChI is InChI=1S/C16H27N3O2/c1-12-15(13(2)21-17-12)10-19-7-5-16(6-8-19)9-14(11-20-16)18(3)4/h14H,5-11H2,1-4H3/t14-/m0/s1. The molecule has 0 bridgehead atoms. The Kier molecular flexibility index (Phi) is 4.08. The molecule has 0 unspecified atom stereocenters. The summed E-state index contributed by atoms with van der Waals surface area (Å²) in [5.41, 5.74) is 2.41. The minimum atomic E-state index is 0.129. The van der Waals surface area contributed by atoms with E-state index in [4.69, 9.17) is 9.26 Å². The van der Waals surface area contributed by atoms with Crippen molar-refractivity contribution in [1.82, 2.24) is 15.0 Å². The lowest BCUT2D eigenvalue weighted by Crippen LogP contribution is -2.44. The Labute approximate surface area is 127 Å². The Balaban J connectivity index is 1.56. The van der Waals surface area contributed by atoms with Gasteiger partial charge in [0.15, 0.2) is 0 Å². The number of likely N-dealkylation sites (N-methyl/N-ethyl adjacent to an activating group) is 1. The zero-order valence-corrected chi connectivity index (χ0v) is 13.7. The Morgan fingerprint density at radius 2 is 2.00 bits per heavy atom. The van der Waals surface area contributed by atoms with Crippen LogP contribution in [-0.4, -0.2) is 60.4 Å². The third-order valence-electron chi connectivity index (χ3n) is 5.25. The molecule has 0 amide bonds. The average Bonchev–Trinajstić information content (AvgIpc) is 3.01. The van der Waals surface area contributed by atoms with Gasteiger partial charge in [0, 0.05) is 31.2 Å². The molecule has 0 aromatic carbocycles. The molecule has 1 spiro atoms. The zero-order chi connectivity index (χ0) is 15.0. The lowest BCUT2D eigenvalue weighted by atomic mass is 9.87. The molecule has 0 aliphatic carbocycles. The molecular formula is C16H27N3O2. The van der Waals surface area contributed by atoms with E-state index >= 15 is 0 Å².